The number of hydrogen-bond acceptors (Lipinski definition) is 1. The first-order valence-corrected chi connectivity index (χ1v) is 8.77. The predicted molar refractivity (Wildman–Crippen MR) is 96.1 cm³/mol. The number of benzene rings is 1. The Kier molecular flexibility index (Phi) is 5.11. The highest BCUT2D eigenvalue weighted by Gasteiger charge is 2.24. The molecule has 0 bridgehead atoms. The molecule has 0 aromatic heterocycles. The average molecular weight is 316 g/mol. The topological polar surface area (TPSA) is 19.7 Å². The number of nitrogens with zero attached hydrogens (tertiary/aromatic N) is 1. The molecule has 1 saturated heterocycles. The van der Waals surface area contributed by atoms with E-state index in [1.165, 1.54) is 49.9 Å². The van der Waals surface area contributed by atoms with E-state index in [0.717, 1.165) is 18.4 Å². The Bertz CT molecular complexity index is 550. The summed E-state index contributed by atoms with van der Waals surface area (Å²) in [6.07, 6.45) is 9.02. The third-order valence-electron chi connectivity index (χ3n) is 4.65. The van der Waals surface area contributed by atoms with Gasteiger partial charge in [0, 0.05) is 12.1 Å². The van der Waals surface area contributed by atoms with E-state index in [4.69, 9.17) is 12.2 Å². The Hall–Kier alpha value is -1.39. The number of rotatable bonds is 4. The summed E-state index contributed by atoms with van der Waals surface area (Å²) >= 11 is 5.49. The molecule has 2 N–H and O–H groups in total. The summed E-state index contributed by atoms with van der Waals surface area (Å²) in [5.74, 6) is 0. The SMILES string of the molecule is Cc1ccc(N2C[NH+](CCC3=CCCCC3)CNC2=S)cc1. The molecule has 1 fully saturated rings. The maximum Gasteiger partial charge on any atom is 0.182 e. The van der Waals surface area contributed by atoms with Crippen LogP contribution in [0.5, 0.6) is 0 Å². The number of thiocarbonyl (C=S) groups is 1. The smallest absolute Gasteiger partial charge is 0.182 e. The van der Waals surface area contributed by atoms with Crippen LogP contribution in [0.1, 0.15) is 37.7 Å². The molecule has 3 rings (SSSR count). The third-order valence-corrected chi connectivity index (χ3v) is 5.01. The molecule has 1 aromatic rings. The van der Waals surface area contributed by atoms with Crippen molar-refractivity contribution in [3.05, 3.63) is 41.5 Å². The summed E-state index contributed by atoms with van der Waals surface area (Å²) < 4.78 is 0. The normalized spacial score (nSPS) is 22.2. The second kappa shape index (κ2) is 7.25. The Morgan fingerprint density at radius 1 is 1.23 bits per heavy atom. The molecular weight excluding hydrogens is 290 g/mol. The molecule has 4 heteroatoms. The van der Waals surface area contributed by atoms with Gasteiger partial charge in [-0.05, 0) is 57.0 Å². The number of quaternary nitrogens is 1. The van der Waals surface area contributed by atoms with Gasteiger partial charge in [0.1, 0.15) is 0 Å². The second-order valence-electron chi connectivity index (χ2n) is 6.44. The first-order valence-electron chi connectivity index (χ1n) is 8.36. The van der Waals surface area contributed by atoms with Crippen molar-refractivity contribution in [1.29, 1.82) is 0 Å². The maximum atomic E-state index is 5.49. The summed E-state index contributed by atoms with van der Waals surface area (Å²) in [6, 6.07) is 8.63. The van der Waals surface area contributed by atoms with Crippen LogP contribution < -0.4 is 15.1 Å². The number of aryl methyl sites for hydroxylation is 1. The maximum absolute atomic E-state index is 5.49. The molecule has 1 aromatic carbocycles. The third kappa shape index (κ3) is 3.87. The van der Waals surface area contributed by atoms with Gasteiger partial charge in [-0.3, -0.25) is 4.90 Å². The number of nitrogens with one attached hydrogen (secondary N) is 2. The lowest BCUT2D eigenvalue weighted by molar-refractivity contribution is -0.902. The molecule has 22 heavy (non-hydrogen) atoms. The van der Waals surface area contributed by atoms with Crippen molar-refractivity contribution in [2.24, 2.45) is 0 Å². The van der Waals surface area contributed by atoms with Gasteiger partial charge in [-0.25, -0.2) is 0 Å². The molecule has 0 saturated carbocycles. The molecule has 1 aliphatic carbocycles. The summed E-state index contributed by atoms with van der Waals surface area (Å²) in [4.78, 5) is 3.78. The Labute approximate surface area is 139 Å². The van der Waals surface area contributed by atoms with Gasteiger partial charge in [-0.2, -0.15) is 0 Å². The van der Waals surface area contributed by atoms with E-state index in [9.17, 15) is 0 Å². The van der Waals surface area contributed by atoms with E-state index in [2.05, 4.69) is 47.5 Å². The van der Waals surface area contributed by atoms with Crippen LogP contribution in [-0.2, 0) is 0 Å². The van der Waals surface area contributed by atoms with E-state index in [1.54, 1.807) is 10.5 Å². The van der Waals surface area contributed by atoms with Crippen molar-refractivity contribution < 1.29 is 4.90 Å². The second-order valence-corrected chi connectivity index (χ2v) is 6.83. The van der Waals surface area contributed by atoms with Crippen LogP contribution in [0, 0.1) is 6.92 Å². The van der Waals surface area contributed by atoms with Crippen LogP contribution in [0.25, 0.3) is 0 Å². The lowest BCUT2D eigenvalue weighted by Crippen LogP contribution is -3.17. The molecule has 1 unspecified atom stereocenters. The molecule has 2 aliphatic rings. The van der Waals surface area contributed by atoms with Gasteiger partial charge in [-0.15, -0.1) is 0 Å². The van der Waals surface area contributed by atoms with Crippen molar-refractivity contribution in [2.45, 2.75) is 39.0 Å². The number of anilines is 1. The molecule has 0 amide bonds. The molecule has 1 atom stereocenters. The summed E-state index contributed by atoms with van der Waals surface area (Å²) in [5.41, 5.74) is 4.14. The number of allylic oxidation sites excluding steroid dienone is 1. The molecule has 1 aliphatic heterocycles. The zero-order chi connectivity index (χ0) is 15.4. The molecule has 118 valence electrons. The predicted octanol–water partition coefficient (Wildman–Crippen LogP) is 2.38. The van der Waals surface area contributed by atoms with Crippen LogP contribution >= 0.6 is 12.2 Å². The van der Waals surface area contributed by atoms with E-state index in [0.29, 0.717) is 0 Å². The zero-order valence-electron chi connectivity index (χ0n) is 13.4. The van der Waals surface area contributed by atoms with Gasteiger partial charge >= 0.3 is 0 Å². The fourth-order valence-corrected chi connectivity index (χ4v) is 3.46. The van der Waals surface area contributed by atoms with E-state index >= 15 is 0 Å². The van der Waals surface area contributed by atoms with Crippen molar-refractivity contribution in [3.8, 4) is 0 Å². The minimum absolute atomic E-state index is 0.851. The molecule has 1 heterocycles. The van der Waals surface area contributed by atoms with E-state index < -0.39 is 0 Å². The van der Waals surface area contributed by atoms with Gasteiger partial charge in [0.05, 0.1) is 6.54 Å². The average Bonchev–Trinajstić information content (AvgIpc) is 2.56. The highest BCUT2D eigenvalue weighted by Crippen LogP contribution is 2.19. The lowest BCUT2D eigenvalue weighted by Gasteiger charge is -2.35. The fourth-order valence-electron chi connectivity index (χ4n) is 3.22. The van der Waals surface area contributed by atoms with Crippen molar-refractivity contribution in [2.75, 3.05) is 24.8 Å². The minimum Gasteiger partial charge on any atom is -0.315 e. The monoisotopic (exact) mass is 316 g/mol. The summed E-state index contributed by atoms with van der Waals surface area (Å²) in [6.45, 7) is 5.20. The van der Waals surface area contributed by atoms with Crippen molar-refractivity contribution in [1.82, 2.24) is 5.32 Å². The first-order chi connectivity index (χ1) is 10.7. The zero-order valence-corrected chi connectivity index (χ0v) is 14.2. The van der Waals surface area contributed by atoms with Gasteiger partial charge in [-0.1, -0.05) is 29.3 Å². The summed E-state index contributed by atoms with van der Waals surface area (Å²) in [5, 5.41) is 4.24. The van der Waals surface area contributed by atoms with Crippen LogP contribution in [0.3, 0.4) is 0 Å². The molecule has 0 radical (unpaired) electrons. The highest BCUT2D eigenvalue weighted by molar-refractivity contribution is 7.80. The Morgan fingerprint density at radius 2 is 2.05 bits per heavy atom. The van der Waals surface area contributed by atoms with Crippen LogP contribution in [0.2, 0.25) is 0 Å². The lowest BCUT2D eigenvalue weighted by atomic mass is 9.97. The summed E-state index contributed by atoms with van der Waals surface area (Å²) in [7, 11) is 0. The molecule has 3 nitrogen and oxygen atoms in total. The van der Waals surface area contributed by atoms with Gasteiger partial charge in [0.15, 0.2) is 18.4 Å². The Balaban J connectivity index is 1.59. The molecule has 0 spiro atoms. The standard InChI is InChI=1S/C18H25N3S/c1-15-7-9-17(10-8-15)21-14-20(13-19-18(21)22)12-11-16-5-3-2-4-6-16/h5,7-10H,2-4,6,11-14H2,1H3,(H,19,22)/p+1. The van der Waals surface area contributed by atoms with Gasteiger partial charge < -0.3 is 10.2 Å². The first kappa shape index (κ1) is 15.5. The fraction of sp³-hybridized carbons (Fsp3) is 0.500. The van der Waals surface area contributed by atoms with E-state index in [-0.39, 0.29) is 0 Å². The van der Waals surface area contributed by atoms with E-state index in [1.807, 2.05) is 0 Å². The van der Waals surface area contributed by atoms with Crippen LogP contribution in [0.4, 0.5) is 5.69 Å². The van der Waals surface area contributed by atoms with Gasteiger partial charge in [0.2, 0.25) is 0 Å². The van der Waals surface area contributed by atoms with Crippen molar-refractivity contribution in [3.63, 3.8) is 0 Å². The van der Waals surface area contributed by atoms with Crippen LogP contribution in [0.15, 0.2) is 35.9 Å². The molecular formula is C18H26N3S+. The van der Waals surface area contributed by atoms with Crippen LogP contribution in [-0.4, -0.2) is 25.0 Å². The Morgan fingerprint density at radius 3 is 2.77 bits per heavy atom. The highest BCUT2D eigenvalue weighted by atomic mass is 32.1. The quantitative estimate of drug-likeness (QED) is 0.657. The largest absolute Gasteiger partial charge is 0.315 e. The minimum atomic E-state index is 0.851. The van der Waals surface area contributed by atoms with Gasteiger partial charge in [0.25, 0.3) is 0 Å². The number of hydrogen-bond donors (Lipinski definition) is 2. The van der Waals surface area contributed by atoms with Crippen molar-refractivity contribution >= 4 is 23.0 Å².